The summed E-state index contributed by atoms with van der Waals surface area (Å²) in [6, 6.07) is 4.93. The molecule has 0 aliphatic heterocycles. The van der Waals surface area contributed by atoms with Gasteiger partial charge in [0.15, 0.2) is 5.75 Å². The summed E-state index contributed by atoms with van der Waals surface area (Å²) in [6.45, 7) is 2.29. The third-order valence-electron chi connectivity index (χ3n) is 3.62. The Labute approximate surface area is 119 Å². The van der Waals surface area contributed by atoms with Crippen LogP contribution in [-0.4, -0.2) is 29.8 Å². The van der Waals surface area contributed by atoms with Crippen LogP contribution in [0.4, 0.5) is 5.69 Å². The van der Waals surface area contributed by atoms with Gasteiger partial charge in [-0.15, -0.1) is 0 Å². The lowest BCUT2D eigenvalue weighted by atomic mass is 9.92. The molecule has 20 heavy (non-hydrogen) atoms. The zero-order chi connectivity index (χ0) is 14.5. The van der Waals surface area contributed by atoms with Gasteiger partial charge in [0, 0.05) is 0 Å². The molecule has 1 amide bonds. The van der Waals surface area contributed by atoms with Crippen molar-refractivity contribution in [2.24, 2.45) is 0 Å². The smallest absolute Gasteiger partial charge is 0.255 e. The SMILES string of the molecule is CCOc1c(N)cccc1C(=O)N[C@H]1CCCC[C@@H]1O. The van der Waals surface area contributed by atoms with Crippen LogP contribution < -0.4 is 15.8 Å². The van der Waals surface area contributed by atoms with Crippen molar-refractivity contribution >= 4 is 11.6 Å². The van der Waals surface area contributed by atoms with E-state index < -0.39 is 6.10 Å². The maximum absolute atomic E-state index is 12.3. The van der Waals surface area contributed by atoms with E-state index in [4.69, 9.17) is 10.5 Å². The van der Waals surface area contributed by atoms with Crippen LogP contribution in [0.15, 0.2) is 18.2 Å². The lowest BCUT2D eigenvalue weighted by molar-refractivity contribution is 0.0715. The summed E-state index contributed by atoms with van der Waals surface area (Å²) in [6.07, 6.45) is 3.11. The highest BCUT2D eigenvalue weighted by molar-refractivity contribution is 5.98. The molecule has 0 bridgehead atoms. The molecule has 1 saturated carbocycles. The first-order valence-electron chi connectivity index (χ1n) is 7.13. The van der Waals surface area contributed by atoms with E-state index >= 15 is 0 Å². The fourth-order valence-corrected chi connectivity index (χ4v) is 2.56. The van der Waals surface area contributed by atoms with E-state index in [2.05, 4.69) is 5.32 Å². The Morgan fingerprint density at radius 3 is 2.90 bits per heavy atom. The van der Waals surface area contributed by atoms with Gasteiger partial charge in [0.2, 0.25) is 0 Å². The summed E-state index contributed by atoms with van der Waals surface area (Å²) in [4.78, 5) is 12.3. The summed E-state index contributed by atoms with van der Waals surface area (Å²) in [7, 11) is 0. The Bertz CT molecular complexity index is 476. The minimum atomic E-state index is -0.468. The Balaban J connectivity index is 2.14. The second kappa shape index (κ2) is 6.61. The first kappa shape index (κ1) is 14.7. The molecular formula is C15H22N2O3. The van der Waals surface area contributed by atoms with Crippen LogP contribution in [0, 0.1) is 0 Å². The third-order valence-corrected chi connectivity index (χ3v) is 3.62. The average molecular weight is 278 g/mol. The number of nitrogen functional groups attached to an aromatic ring is 1. The highest BCUT2D eigenvalue weighted by Gasteiger charge is 2.26. The van der Waals surface area contributed by atoms with Gasteiger partial charge in [-0.3, -0.25) is 4.79 Å². The fraction of sp³-hybridized carbons (Fsp3) is 0.533. The fourth-order valence-electron chi connectivity index (χ4n) is 2.56. The zero-order valence-electron chi connectivity index (χ0n) is 11.8. The number of ether oxygens (including phenoxy) is 1. The van der Waals surface area contributed by atoms with Crippen molar-refractivity contribution in [2.75, 3.05) is 12.3 Å². The van der Waals surface area contributed by atoms with Gasteiger partial charge in [0.05, 0.1) is 30.0 Å². The molecule has 0 saturated heterocycles. The molecule has 0 radical (unpaired) electrons. The summed E-state index contributed by atoms with van der Waals surface area (Å²) in [5.74, 6) is 0.171. The largest absolute Gasteiger partial charge is 0.491 e. The molecule has 0 spiro atoms. The first-order chi connectivity index (χ1) is 9.63. The summed E-state index contributed by atoms with van der Waals surface area (Å²) in [5.41, 5.74) is 6.72. The summed E-state index contributed by atoms with van der Waals surface area (Å²) >= 11 is 0. The lowest BCUT2D eigenvalue weighted by Gasteiger charge is -2.28. The van der Waals surface area contributed by atoms with Crippen LogP contribution in [0.3, 0.4) is 0 Å². The summed E-state index contributed by atoms with van der Waals surface area (Å²) < 4.78 is 5.46. The van der Waals surface area contributed by atoms with Crippen LogP contribution in [0.25, 0.3) is 0 Å². The van der Waals surface area contributed by atoms with Gasteiger partial charge in [-0.05, 0) is 31.9 Å². The molecule has 1 aliphatic carbocycles. The van der Waals surface area contributed by atoms with E-state index in [1.807, 2.05) is 6.92 Å². The van der Waals surface area contributed by atoms with Crippen molar-refractivity contribution in [3.63, 3.8) is 0 Å². The van der Waals surface area contributed by atoms with Crippen molar-refractivity contribution in [3.05, 3.63) is 23.8 Å². The van der Waals surface area contributed by atoms with Crippen molar-refractivity contribution in [1.82, 2.24) is 5.32 Å². The van der Waals surface area contributed by atoms with Gasteiger partial charge in [0.1, 0.15) is 0 Å². The van der Waals surface area contributed by atoms with Gasteiger partial charge in [-0.25, -0.2) is 0 Å². The maximum atomic E-state index is 12.3. The second-order valence-electron chi connectivity index (χ2n) is 5.09. The quantitative estimate of drug-likeness (QED) is 0.732. The number of carbonyl (C=O) groups is 1. The van der Waals surface area contributed by atoms with Gasteiger partial charge in [0.25, 0.3) is 5.91 Å². The van der Waals surface area contributed by atoms with Crippen LogP contribution >= 0.6 is 0 Å². The molecule has 0 unspecified atom stereocenters. The zero-order valence-corrected chi connectivity index (χ0v) is 11.8. The number of hydrogen-bond acceptors (Lipinski definition) is 4. The number of aliphatic hydroxyl groups excluding tert-OH is 1. The highest BCUT2D eigenvalue weighted by Crippen LogP contribution is 2.27. The molecule has 1 aliphatic rings. The van der Waals surface area contributed by atoms with Gasteiger partial charge >= 0.3 is 0 Å². The number of hydrogen-bond donors (Lipinski definition) is 3. The number of rotatable bonds is 4. The highest BCUT2D eigenvalue weighted by atomic mass is 16.5. The number of anilines is 1. The van der Waals surface area contributed by atoms with Crippen LogP contribution in [0.2, 0.25) is 0 Å². The molecule has 110 valence electrons. The molecule has 0 aromatic heterocycles. The van der Waals surface area contributed by atoms with Gasteiger partial charge in [-0.2, -0.15) is 0 Å². The number of carbonyl (C=O) groups excluding carboxylic acids is 1. The van der Waals surface area contributed by atoms with E-state index in [0.717, 1.165) is 25.7 Å². The number of aliphatic hydroxyl groups is 1. The topological polar surface area (TPSA) is 84.6 Å². The van der Waals surface area contributed by atoms with Crippen molar-refractivity contribution in [2.45, 2.75) is 44.8 Å². The first-order valence-corrected chi connectivity index (χ1v) is 7.13. The monoisotopic (exact) mass is 278 g/mol. The molecule has 5 nitrogen and oxygen atoms in total. The van der Waals surface area contributed by atoms with Crippen molar-refractivity contribution in [1.29, 1.82) is 0 Å². The number of benzene rings is 1. The number of amides is 1. The standard InChI is InChI=1S/C15H22N2O3/c1-2-20-14-10(6-5-7-11(14)16)15(19)17-12-8-3-4-9-13(12)18/h5-7,12-13,18H,2-4,8-9,16H2,1H3,(H,17,19)/t12-,13-/m0/s1. The molecule has 4 N–H and O–H groups in total. The summed E-state index contributed by atoms with van der Waals surface area (Å²) in [5, 5.41) is 12.8. The molecular weight excluding hydrogens is 256 g/mol. The molecule has 1 aromatic rings. The molecule has 1 fully saturated rings. The predicted molar refractivity (Wildman–Crippen MR) is 77.8 cm³/mol. The second-order valence-corrected chi connectivity index (χ2v) is 5.09. The third kappa shape index (κ3) is 3.22. The maximum Gasteiger partial charge on any atom is 0.255 e. The van der Waals surface area contributed by atoms with E-state index in [-0.39, 0.29) is 11.9 Å². The number of nitrogens with two attached hydrogens (primary N) is 1. The van der Waals surface area contributed by atoms with E-state index in [1.54, 1.807) is 18.2 Å². The van der Waals surface area contributed by atoms with E-state index in [1.165, 1.54) is 0 Å². The number of nitrogens with one attached hydrogen (secondary N) is 1. The minimum absolute atomic E-state index is 0.188. The Hall–Kier alpha value is -1.75. The normalized spacial score (nSPS) is 22.3. The molecule has 1 aromatic carbocycles. The van der Waals surface area contributed by atoms with Gasteiger partial charge in [-0.1, -0.05) is 18.9 Å². The predicted octanol–water partition coefficient (Wildman–Crippen LogP) is 1.70. The van der Waals surface area contributed by atoms with Crippen LogP contribution in [0.1, 0.15) is 43.0 Å². The van der Waals surface area contributed by atoms with Crippen molar-refractivity contribution < 1.29 is 14.6 Å². The molecule has 5 heteroatoms. The Morgan fingerprint density at radius 2 is 2.20 bits per heavy atom. The molecule has 0 heterocycles. The molecule has 2 rings (SSSR count). The number of para-hydroxylation sites is 1. The van der Waals surface area contributed by atoms with E-state index in [0.29, 0.717) is 23.6 Å². The average Bonchev–Trinajstić information content (AvgIpc) is 2.43. The van der Waals surface area contributed by atoms with Crippen LogP contribution in [0.5, 0.6) is 5.75 Å². The Kier molecular flexibility index (Phi) is 4.84. The van der Waals surface area contributed by atoms with E-state index in [9.17, 15) is 9.90 Å². The van der Waals surface area contributed by atoms with Crippen LogP contribution in [-0.2, 0) is 0 Å². The minimum Gasteiger partial charge on any atom is -0.491 e. The lowest BCUT2D eigenvalue weighted by Crippen LogP contribution is -2.45. The van der Waals surface area contributed by atoms with Crippen molar-refractivity contribution in [3.8, 4) is 5.75 Å². The molecule has 2 atom stereocenters. The Morgan fingerprint density at radius 1 is 1.45 bits per heavy atom. The van der Waals surface area contributed by atoms with Gasteiger partial charge < -0.3 is 20.9 Å².